The minimum atomic E-state index is -4.50. The van der Waals surface area contributed by atoms with Crippen molar-refractivity contribution in [2.45, 2.75) is 16.3 Å². The number of esters is 1. The molecule has 0 saturated heterocycles. The van der Waals surface area contributed by atoms with Gasteiger partial charge in [0, 0.05) is 10.8 Å². The Hall–Kier alpha value is -1.39. The van der Waals surface area contributed by atoms with Crippen LogP contribution in [0.25, 0.3) is 0 Å². The fourth-order valence-corrected chi connectivity index (χ4v) is 2.31. The fraction of sp³-hybridized carbons (Fsp3) is 0.273. The number of carbonyl (C=O) groups excluding carboxylic acids is 1. The number of ether oxygens (including phenoxy) is 1. The lowest BCUT2D eigenvalue weighted by Crippen LogP contribution is -2.07. The van der Waals surface area contributed by atoms with Crippen LogP contribution < -0.4 is 0 Å². The number of halogens is 4. The van der Waals surface area contributed by atoms with E-state index in [1.165, 1.54) is 0 Å². The summed E-state index contributed by atoms with van der Waals surface area (Å²) in [6, 6.07) is 3.80. The van der Waals surface area contributed by atoms with Crippen molar-refractivity contribution in [1.82, 2.24) is 0 Å². The highest BCUT2D eigenvalue weighted by Crippen LogP contribution is 2.40. The van der Waals surface area contributed by atoms with Crippen LogP contribution >= 0.6 is 23.4 Å². The van der Waals surface area contributed by atoms with Gasteiger partial charge in [0.1, 0.15) is 6.07 Å². The van der Waals surface area contributed by atoms with E-state index in [4.69, 9.17) is 16.9 Å². The van der Waals surface area contributed by atoms with Crippen LogP contribution in [0.4, 0.5) is 13.2 Å². The normalized spacial score (nSPS) is 10.9. The predicted octanol–water partition coefficient (Wildman–Crippen LogP) is 3.70. The molecular formula is C11H7ClF3NO2S. The molecule has 102 valence electrons. The van der Waals surface area contributed by atoms with Gasteiger partial charge in [-0.25, -0.2) is 4.79 Å². The van der Waals surface area contributed by atoms with Crippen molar-refractivity contribution < 1.29 is 22.7 Å². The minimum Gasteiger partial charge on any atom is -0.465 e. The molecule has 0 spiro atoms. The molecule has 1 rings (SSSR count). The van der Waals surface area contributed by atoms with Crippen molar-refractivity contribution in [2.24, 2.45) is 0 Å². The summed E-state index contributed by atoms with van der Waals surface area (Å²) in [5, 5.41) is 8.87. The maximum atomic E-state index is 12.4. The SMILES string of the molecule is COC(=O)c1cc(CCl)c(SC(F)(F)F)cc1C#N. The molecule has 1 aromatic carbocycles. The number of nitriles is 1. The van der Waals surface area contributed by atoms with Crippen LogP contribution in [0.15, 0.2) is 17.0 Å². The van der Waals surface area contributed by atoms with E-state index in [1.54, 1.807) is 6.07 Å². The Labute approximate surface area is 116 Å². The summed E-state index contributed by atoms with van der Waals surface area (Å²) in [7, 11) is 1.11. The fourth-order valence-electron chi connectivity index (χ4n) is 1.32. The molecular weight excluding hydrogens is 303 g/mol. The van der Waals surface area contributed by atoms with E-state index in [1.807, 2.05) is 0 Å². The molecule has 8 heteroatoms. The van der Waals surface area contributed by atoms with Crippen LogP contribution in [-0.2, 0) is 10.6 Å². The van der Waals surface area contributed by atoms with Crippen molar-refractivity contribution in [3.63, 3.8) is 0 Å². The number of thioether (sulfide) groups is 1. The molecule has 19 heavy (non-hydrogen) atoms. The van der Waals surface area contributed by atoms with E-state index >= 15 is 0 Å². The summed E-state index contributed by atoms with van der Waals surface area (Å²) in [4.78, 5) is 11.2. The monoisotopic (exact) mass is 309 g/mol. The molecule has 0 heterocycles. The molecule has 0 N–H and O–H groups in total. The molecule has 0 aliphatic rings. The predicted molar refractivity (Wildman–Crippen MR) is 64.0 cm³/mol. The highest BCUT2D eigenvalue weighted by atomic mass is 35.5. The highest BCUT2D eigenvalue weighted by molar-refractivity contribution is 8.00. The van der Waals surface area contributed by atoms with Crippen molar-refractivity contribution in [1.29, 1.82) is 5.26 Å². The van der Waals surface area contributed by atoms with E-state index in [9.17, 15) is 18.0 Å². The lowest BCUT2D eigenvalue weighted by atomic mass is 10.1. The number of benzene rings is 1. The van der Waals surface area contributed by atoms with Crippen LogP contribution in [-0.4, -0.2) is 18.6 Å². The van der Waals surface area contributed by atoms with E-state index in [-0.39, 0.29) is 39.2 Å². The zero-order valence-corrected chi connectivity index (χ0v) is 11.1. The third-order valence-electron chi connectivity index (χ3n) is 2.10. The second-order valence-electron chi connectivity index (χ2n) is 3.29. The average Bonchev–Trinajstić information content (AvgIpc) is 2.35. The van der Waals surface area contributed by atoms with Crippen LogP contribution in [0.3, 0.4) is 0 Å². The van der Waals surface area contributed by atoms with E-state index < -0.39 is 11.5 Å². The Morgan fingerprint density at radius 2 is 2.16 bits per heavy atom. The summed E-state index contributed by atoms with van der Waals surface area (Å²) in [6.07, 6.45) is 0. The smallest absolute Gasteiger partial charge is 0.446 e. The lowest BCUT2D eigenvalue weighted by molar-refractivity contribution is -0.0328. The summed E-state index contributed by atoms with van der Waals surface area (Å²) in [5.41, 5.74) is -4.68. The maximum Gasteiger partial charge on any atom is 0.446 e. The molecule has 0 atom stereocenters. The topological polar surface area (TPSA) is 50.1 Å². The van der Waals surface area contributed by atoms with Gasteiger partial charge in [-0.1, -0.05) is 0 Å². The second-order valence-corrected chi connectivity index (χ2v) is 4.66. The quantitative estimate of drug-likeness (QED) is 0.485. The van der Waals surface area contributed by atoms with Gasteiger partial charge in [0.25, 0.3) is 0 Å². The number of rotatable bonds is 3. The van der Waals surface area contributed by atoms with Gasteiger partial charge in [0.15, 0.2) is 0 Å². The molecule has 0 fully saturated rings. The molecule has 0 bridgehead atoms. The summed E-state index contributed by atoms with van der Waals surface area (Å²) >= 11 is 5.18. The number of nitrogens with zero attached hydrogens (tertiary/aromatic N) is 1. The number of hydrogen-bond donors (Lipinski definition) is 0. The van der Waals surface area contributed by atoms with Gasteiger partial charge in [-0.15, -0.1) is 11.6 Å². The van der Waals surface area contributed by atoms with Crippen LogP contribution in [0.1, 0.15) is 21.5 Å². The van der Waals surface area contributed by atoms with E-state index in [2.05, 4.69) is 4.74 Å². The van der Waals surface area contributed by atoms with Crippen molar-refractivity contribution in [2.75, 3.05) is 7.11 Å². The molecule has 0 saturated carbocycles. The largest absolute Gasteiger partial charge is 0.465 e. The molecule has 0 aliphatic carbocycles. The Morgan fingerprint density at radius 3 is 2.58 bits per heavy atom. The number of methoxy groups -OCH3 is 1. The summed E-state index contributed by atoms with van der Waals surface area (Å²) < 4.78 is 41.5. The molecule has 0 radical (unpaired) electrons. The van der Waals surface area contributed by atoms with Gasteiger partial charge >= 0.3 is 11.5 Å². The summed E-state index contributed by atoms with van der Waals surface area (Å²) in [5.74, 6) is -1.01. The lowest BCUT2D eigenvalue weighted by Gasteiger charge is -2.12. The molecule has 3 nitrogen and oxygen atoms in total. The van der Waals surface area contributed by atoms with E-state index in [0.717, 1.165) is 19.2 Å². The third-order valence-corrected chi connectivity index (χ3v) is 3.22. The first kappa shape index (κ1) is 15.7. The molecule has 0 aromatic heterocycles. The Balaban J connectivity index is 3.36. The first-order chi connectivity index (χ1) is 8.82. The van der Waals surface area contributed by atoms with Gasteiger partial charge < -0.3 is 4.74 Å². The molecule has 1 aromatic rings. The molecule has 0 aliphatic heterocycles. The number of alkyl halides is 4. The van der Waals surface area contributed by atoms with Gasteiger partial charge in [-0.2, -0.15) is 18.4 Å². The second kappa shape index (κ2) is 6.17. The van der Waals surface area contributed by atoms with Gasteiger partial charge in [-0.3, -0.25) is 0 Å². The average molecular weight is 310 g/mol. The van der Waals surface area contributed by atoms with Gasteiger partial charge in [0.2, 0.25) is 0 Å². The molecule has 0 amide bonds. The first-order valence-corrected chi connectivity index (χ1v) is 6.14. The number of carbonyl (C=O) groups is 1. The standard InChI is InChI=1S/C11H7ClF3NO2S/c1-18-10(17)8-2-6(4-12)9(3-7(8)5-16)19-11(13,14)15/h2-3H,4H2,1H3. The Morgan fingerprint density at radius 1 is 1.53 bits per heavy atom. The van der Waals surface area contributed by atoms with Crippen LogP contribution in [0.2, 0.25) is 0 Å². The molecule has 0 unspecified atom stereocenters. The summed E-state index contributed by atoms with van der Waals surface area (Å²) in [6.45, 7) is 0. The van der Waals surface area contributed by atoms with Gasteiger partial charge in [0.05, 0.1) is 18.2 Å². The maximum absolute atomic E-state index is 12.4. The number of hydrogen-bond acceptors (Lipinski definition) is 4. The van der Waals surface area contributed by atoms with Crippen LogP contribution in [0.5, 0.6) is 0 Å². The zero-order chi connectivity index (χ0) is 14.6. The van der Waals surface area contributed by atoms with Crippen molar-refractivity contribution in [3.05, 3.63) is 28.8 Å². The first-order valence-electron chi connectivity index (χ1n) is 4.79. The van der Waals surface area contributed by atoms with Crippen molar-refractivity contribution >= 4 is 29.3 Å². The minimum absolute atomic E-state index is 0.104. The highest BCUT2D eigenvalue weighted by Gasteiger charge is 2.31. The zero-order valence-electron chi connectivity index (χ0n) is 9.55. The Bertz CT molecular complexity index is 540. The van der Waals surface area contributed by atoms with E-state index in [0.29, 0.717) is 0 Å². The third kappa shape index (κ3) is 4.04. The van der Waals surface area contributed by atoms with Crippen LogP contribution in [0, 0.1) is 11.3 Å². The Kier molecular flexibility index (Phi) is 5.09. The van der Waals surface area contributed by atoms with Gasteiger partial charge in [-0.05, 0) is 29.5 Å². The van der Waals surface area contributed by atoms with Crippen molar-refractivity contribution in [3.8, 4) is 6.07 Å².